The van der Waals surface area contributed by atoms with Crippen molar-refractivity contribution in [1.82, 2.24) is 33.2 Å². The van der Waals surface area contributed by atoms with Crippen molar-refractivity contribution < 1.29 is 30.6 Å². The molecule has 0 radical (unpaired) electrons. The zero-order valence-corrected chi connectivity index (χ0v) is 25.9. The molecule has 12 nitrogen and oxygen atoms in total. The highest BCUT2D eigenvalue weighted by Crippen LogP contribution is 2.39. The number of rotatable bonds is 5. The summed E-state index contributed by atoms with van der Waals surface area (Å²) in [6, 6.07) is 7.85. The quantitative estimate of drug-likeness (QED) is 0.289. The molecule has 1 aliphatic carbocycles. The van der Waals surface area contributed by atoms with Gasteiger partial charge in [0.1, 0.15) is 5.60 Å². The van der Waals surface area contributed by atoms with Crippen LogP contribution in [-0.2, 0) is 28.7 Å². The minimum Gasteiger partial charge on any atom is -0.444 e. The highest BCUT2D eigenvalue weighted by Gasteiger charge is 2.37. The number of benzene rings is 1. The second-order valence-electron chi connectivity index (χ2n) is 12.5. The first kappa shape index (κ1) is 23.9. The molecule has 4 heterocycles. The van der Waals surface area contributed by atoms with Gasteiger partial charge in [0.15, 0.2) is 5.65 Å². The number of alkyl carbamates (subject to hydrolysis) is 1. The summed E-state index contributed by atoms with van der Waals surface area (Å²) in [4.78, 5) is 30.9. The highest BCUT2D eigenvalue weighted by molar-refractivity contribution is 7.90. The van der Waals surface area contributed by atoms with Crippen LogP contribution in [0.5, 0.6) is 0 Å². The van der Waals surface area contributed by atoms with Gasteiger partial charge in [0.25, 0.3) is 10.0 Å². The highest BCUT2D eigenvalue weighted by atomic mass is 32.2. The maximum atomic E-state index is 15.5. The number of hydrogen-bond acceptors (Lipinski definition) is 7. The average molecular weight is 644 g/mol. The fourth-order valence-electron chi connectivity index (χ4n) is 5.99. The average Bonchev–Trinajstić information content (AvgIpc) is 3.67. The fraction of sp³-hybridized carbons (Fsp3) is 0.419. The van der Waals surface area contributed by atoms with E-state index >= 15 is 4.39 Å². The van der Waals surface area contributed by atoms with E-state index in [-0.39, 0.29) is 32.7 Å². The molecule has 238 valence electrons. The van der Waals surface area contributed by atoms with Crippen molar-refractivity contribution in [2.24, 2.45) is 14.0 Å². The molecule has 1 aromatic carbocycles. The van der Waals surface area contributed by atoms with Crippen molar-refractivity contribution >= 4 is 38.2 Å². The van der Waals surface area contributed by atoms with Crippen molar-refractivity contribution in [3.63, 3.8) is 0 Å². The summed E-state index contributed by atoms with van der Waals surface area (Å²) in [6.45, 7) is 1.21. The van der Waals surface area contributed by atoms with Gasteiger partial charge in [0.05, 0.1) is 33.4 Å². The van der Waals surface area contributed by atoms with Crippen molar-refractivity contribution in [2.75, 3.05) is 0 Å². The van der Waals surface area contributed by atoms with Gasteiger partial charge in [-0.25, -0.2) is 27.0 Å². The van der Waals surface area contributed by atoms with Crippen LogP contribution in [0.25, 0.3) is 33.3 Å². The zero-order chi connectivity index (χ0) is 37.5. The first-order valence-electron chi connectivity index (χ1n) is 17.3. The van der Waals surface area contributed by atoms with E-state index < -0.39 is 64.5 Å². The zero-order valence-electron chi connectivity index (χ0n) is 31.0. The molecule has 45 heavy (non-hydrogen) atoms. The number of carbonyl (C=O) groups is 1. The number of aryl methyl sites for hydroxylation is 2. The van der Waals surface area contributed by atoms with E-state index in [1.807, 2.05) is 6.92 Å². The van der Waals surface area contributed by atoms with Crippen LogP contribution in [0, 0.1) is 5.95 Å². The van der Waals surface area contributed by atoms with Crippen molar-refractivity contribution in [2.45, 2.75) is 75.5 Å². The van der Waals surface area contributed by atoms with E-state index in [2.05, 4.69) is 15.4 Å². The Morgan fingerprint density at radius 3 is 2.51 bits per heavy atom. The number of amides is 1. The van der Waals surface area contributed by atoms with E-state index in [0.29, 0.717) is 34.9 Å². The summed E-state index contributed by atoms with van der Waals surface area (Å²) in [5, 5.41) is 6.38. The molecule has 0 atom stereocenters. The SMILES string of the molecule is [2H]C([2H])([2H])n1cc(-c2cc3c(ncc4c3n(C3CCC(C)(NC(=O)OC(C)(C)C)CC3)c(=O)n4C([2H])([2H])[2H])n2S(=O)(=O)c2ccccc2)c(F)n1. The fourth-order valence-corrected chi connectivity index (χ4v) is 7.48. The van der Waals surface area contributed by atoms with E-state index in [1.165, 1.54) is 34.9 Å². The Morgan fingerprint density at radius 2 is 1.89 bits per heavy atom. The standard InChI is InChI=1S/C31H36FN7O5S/c1-30(2,3)44-28(40)34-31(4)14-12-19(13-15-31)38-25-21-16-23(22-18-36(5)35-26(22)32)39(45(42,43)20-10-8-7-9-11-20)27(21)33-17-24(25)37(6)29(38)41/h7-11,16-19H,12-15H2,1-6H3,(H,34,40)/i5D3,6D3. The first-order chi connectivity index (χ1) is 23.5. The summed E-state index contributed by atoms with van der Waals surface area (Å²) in [7, 11) is -4.57. The Balaban J connectivity index is 1.59. The first-order valence-corrected chi connectivity index (χ1v) is 15.7. The molecule has 0 unspecified atom stereocenters. The normalized spacial score (nSPS) is 21.8. The summed E-state index contributed by atoms with van der Waals surface area (Å²) in [5.41, 5.74) is -3.49. The molecular formula is C31H36FN7O5S. The minimum atomic E-state index is -4.57. The molecule has 0 aliphatic heterocycles. The molecule has 0 spiro atoms. The third-order valence-electron chi connectivity index (χ3n) is 8.07. The monoisotopic (exact) mass is 643 g/mol. The van der Waals surface area contributed by atoms with Gasteiger partial charge in [-0.3, -0.25) is 13.8 Å². The predicted molar refractivity (Wildman–Crippen MR) is 167 cm³/mol. The van der Waals surface area contributed by atoms with Gasteiger partial charge in [-0.1, -0.05) is 18.2 Å². The van der Waals surface area contributed by atoms with Crippen LogP contribution >= 0.6 is 0 Å². The molecule has 4 aromatic heterocycles. The number of nitrogens with zero attached hydrogens (tertiary/aromatic N) is 6. The van der Waals surface area contributed by atoms with Gasteiger partial charge in [-0.2, -0.15) is 4.39 Å². The van der Waals surface area contributed by atoms with E-state index in [0.717, 1.165) is 16.4 Å². The second kappa shape index (κ2) is 10.6. The summed E-state index contributed by atoms with van der Waals surface area (Å²) in [5.74, 6) is -1.28. The number of aromatic nitrogens is 6. The van der Waals surface area contributed by atoms with Gasteiger partial charge in [-0.15, -0.1) is 5.10 Å². The molecule has 14 heteroatoms. The van der Waals surface area contributed by atoms with Gasteiger partial charge >= 0.3 is 11.8 Å². The lowest BCUT2D eigenvalue weighted by atomic mass is 9.80. The van der Waals surface area contributed by atoms with Crippen LogP contribution in [0.2, 0.25) is 0 Å². The second-order valence-corrected chi connectivity index (χ2v) is 14.3. The van der Waals surface area contributed by atoms with Crippen molar-refractivity contribution in [1.29, 1.82) is 0 Å². The molecule has 1 saturated carbocycles. The number of halogens is 1. The Hall–Kier alpha value is -4.46. The van der Waals surface area contributed by atoms with Gasteiger partial charge in [0.2, 0.25) is 5.95 Å². The molecule has 0 bridgehead atoms. The van der Waals surface area contributed by atoms with E-state index in [1.54, 1.807) is 26.8 Å². The van der Waals surface area contributed by atoms with Crippen LogP contribution in [0.1, 0.15) is 67.6 Å². The maximum absolute atomic E-state index is 15.5. The number of fused-ring (bicyclic) bond motifs is 3. The number of carbonyl (C=O) groups excluding carboxylic acids is 1. The Morgan fingerprint density at radius 1 is 1.18 bits per heavy atom. The molecule has 1 fully saturated rings. The summed E-state index contributed by atoms with van der Waals surface area (Å²) in [6.07, 6.45) is 2.72. The largest absolute Gasteiger partial charge is 0.444 e. The third-order valence-corrected chi connectivity index (χ3v) is 9.79. The molecule has 5 aromatic rings. The molecule has 1 aliphatic rings. The number of imidazole rings is 1. The lowest BCUT2D eigenvalue weighted by molar-refractivity contribution is 0.0427. The minimum absolute atomic E-state index is 0.00311. The van der Waals surface area contributed by atoms with Crippen LogP contribution in [0.4, 0.5) is 9.18 Å². The topological polar surface area (TPSA) is 135 Å². The summed E-state index contributed by atoms with van der Waals surface area (Å²) >= 11 is 0. The Bertz CT molecular complexity index is 2330. The van der Waals surface area contributed by atoms with Crippen molar-refractivity contribution in [3.05, 3.63) is 65.2 Å². The molecule has 0 saturated heterocycles. The van der Waals surface area contributed by atoms with Crippen molar-refractivity contribution in [3.8, 4) is 11.3 Å². The number of pyridine rings is 1. The molecule has 1 amide bonds. The van der Waals surface area contributed by atoms with Gasteiger partial charge < -0.3 is 10.1 Å². The van der Waals surface area contributed by atoms with Crippen LogP contribution in [-0.4, -0.2) is 53.5 Å². The van der Waals surface area contributed by atoms with Crippen LogP contribution in [0.15, 0.2) is 58.5 Å². The third kappa shape index (κ3) is 5.30. The lowest BCUT2D eigenvalue weighted by Gasteiger charge is -2.38. The Labute approximate surface area is 267 Å². The molecule has 1 N–H and O–H groups in total. The Kier molecular flexibility index (Phi) is 5.60. The maximum Gasteiger partial charge on any atom is 0.408 e. The molecule has 6 rings (SSSR count). The number of nitrogens with one attached hydrogen (secondary N) is 1. The van der Waals surface area contributed by atoms with E-state index in [4.69, 9.17) is 13.0 Å². The predicted octanol–water partition coefficient (Wildman–Crippen LogP) is 4.86. The van der Waals surface area contributed by atoms with Gasteiger partial charge in [-0.05, 0) is 71.6 Å². The van der Waals surface area contributed by atoms with Crippen LogP contribution < -0.4 is 11.0 Å². The molecular weight excluding hydrogens is 601 g/mol. The van der Waals surface area contributed by atoms with Crippen LogP contribution in [0.3, 0.4) is 0 Å². The lowest BCUT2D eigenvalue weighted by Crippen LogP contribution is -2.50. The number of ether oxygens (including phenoxy) is 1. The van der Waals surface area contributed by atoms with Gasteiger partial charge in [0, 0.05) is 45.3 Å². The van der Waals surface area contributed by atoms with E-state index in [9.17, 15) is 18.0 Å². The smallest absolute Gasteiger partial charge is 0.408 e. The summed E-state index contributed by atoms with van der Waals surface area (Å²) < 4.78 is 100. The number of hydrogen-bond donors (Lipinski definition) is 1.